The van der Waals surface area contributed by atoms with Crippen molar-refractivity contribution in [2.24, 2.45) is 0 Å². The van der Waals surface area contributed by atoms with E-state index in [2.05, 4.69) is 9.97 Å². The summed E-state index contributed by atoms with van der Waals surface area (Å²) in [5, 5.41) is 0.607. The fourth-order valence-electron chi connectivity index (χ4n) is 2.35. The Kier molecular flexibility index (Phi) is 2.94. The maximum Gasteiger partial charge on any atom is 0.260 e. The molecule has 0 saturated carbocycles. The number of hydrogen-bond donors (Lipinski definition) is 1. The lowest BCUT2D eigenvalue weighted by atomic mass is 10.2. The van der Waals surface area contributed by atoms with Crippen LogP contribution in [0.3, 0.4) is 0 Å². The molecular weight excluding hydrogens is 296 g/mol. The van der Waals surface area contributed by atoms with Crippen LogP contribution in [0, 0.1) is 6.92 Å². The quantitative estimate of drug-likeness (QED) is 0.603. The van der Waals surface area contributed by atoms with E-state index < -0.39 is 0 Å². The zero-order chi connectivity index (χ0) is 15.1. The first-order valence-electron chi connectivity index (χ1n) is 6.87. The fourth-order valence-corrected chi connectivity index (χ4v) is 3.39. The van der Waals surface area contributed by atoms with Gasteiger partial charge < -0.3 is 9.40 Å². The molecule has 4 nitrogen and oxygen atoms in total. The van der Waals surface area contributed by atoms with Gasteiger partial charge in [-0.15, -0.1) is 11.3 Å². The molecule has 4 aromatic rings. The molecule has 0 fully saturated rings. The highest BCUT2D eigenvalue weighted by Gasteiger charge is 2.12. The first-order valence-corrected chi connectivity index (χ1v) is 7.68. The molecule has 0 radical (unpaired) electrons. The van der Waals surface area contributed by atoms with E-state index in [1.54, 1.807) is 0 Å². The number of aromatic nitrogens is 2. The summed E-state index contributed by atoms with van der Waals surface area (Å²) in [4.78, 5) is 21.4. The van der Waals surface area contributed by atoms with Crippen LogP contribution in [0.2, 0.25) is 0 Å². The topological polar surface area (TPSA) is 58.9 Å². The van der Waals surface area contributed by atoms with Crippen LogP contribution in [0.5, 0.6) is 0 Å². The molecule has 0 aliphatic carbocycles. The molecule has 5 heteroatoms. The molecule has 0 aliphatic rings. The van der Waals surface area contributed by atoms with E-state index in [9.17, 15) is 4.79 Å². The average Bonchev–Trinajstić information content (AvgIpc) is 3.14. The number of aromatic amines is 1. The fraction of sp³-hybridized carbons (Fsp3) is 0.0588. The number of rotatable bonds is 2. The molecule has 0 aliphatic heterocycles. The standard InChI is InChI=1S/C17H12N2O2S/c1-10-7-8-13(21-10)15-18-16(20)12-9-14(22-17(12)19-15)11-5-3-2-4-6-11/h2-9H,1H3,(H,18,19,20). The van der Waals surface area contributed by atoms with Crippen LogP contribution < -0.4 is 5.56 Å². The predicted octanol–water partition coefficient (Wildman–Crippen LogP) is 4.22. The molecule has 108 valence electrons. The van der Waals surface area contributed by atoms with E-state index in [-0.39, 0.29) is 5.56 Å². The lowest BCUT2D eigenvalue weighted by Crippen LogP contribution is -2.07. The molecule has 3 aromatic heterocycles. The second-order valence-electron chi connectivity index (χ2n) is 5.02. The molecule has 0 atom stereocenters. The van der Waals surface area contributed by atoms with E-state index >= 15 is 0 Å². The lowest BCUT2D eigenvalue weighted by molar-refractivity contribution is 0.544. The largest absolute Gasteiger partial charge is 0.458 e. The minimum absolute atomic E-state index is 0.146. The monoisotopic (exact) mass is 308 g/mol. The molecule has 1 N–H and O–H groups in total. The number of nitrogens with one attached hydrogen (secondary N) is 1. The summed E-state index contributed by atoms with van der Waals surface area (Å²) in [6.45, 7) is 1.86. The highest BCUT2D eigenvalue weighted by molar-refractivity contribution is 7.21. The van der Waals surface area contributed by atoms with Crippen molar-refractivity contribution in [3.63, 3.8) is 0 Å². The summed E-state index contributed by atoms with van der Waals surface area (Å²) in [5.41, 5.74) is 0.938. The highest BCUT2D eigenvalue weighted by Crippen LogP contribution is 2.31. The summed E-state index contributed by atoms with van der Waals surface area (Å²) in [6.07, 6.45) is 0. The number of H-pyrrole nitrogens is 1. The van der Waals surface area contributed by atoms with Gasteiger partial charge in [0.15, 0.2) is 11.6 Å². The van der Waals surface area contributed by atoms with E-state index in [1.165, 1.54) is 11.3 Å². The average molecular weight is 308 g/mol. The van der Waals surface area contributed by atoms with E-state index in [4.69, 9.17) is 4.42 Å². The van der Waals surface area contributed by atoms with Crippen LogP contribution in [0.1, 0.15) is 5.76 Å². The maximum absolute atomic E-state index is 12.3. The molecule has 0 bridgehead atoms. The third-order valence-corrected chi connectivity index (χ3v) is 4.51. The van der Waals surface area contributed by atoms with Crippen molar-refractivity contribution in [2.45, 2.75) is 6.92 Å². The van der Waals surface area contributed by atoms with E-state index in [1.807, 2.05) is 55.5 Å². The number of furan rings is 1. The van der Waals surface area contributed by atoms with Crippen LogP contribution in [-0.2, 0) is 0 Å². The van der Waals surface area contributed by atoms with Gasteiger partial charge in [0, 0.05) is 4.88 Å². The third kappa shape index (κ3) is 2.16. The van der Waals surface area contributed by atoms with Crippen LogP contribution in [-0.4, -0.2) is 9.97 Å². The number of aryl methyl sites for hydroxylation is 1. The Morgan fingerprint density at radius 3 is 2.68 bits per heavy atom. The third-order valence-electron chi connectivity index (χ3n) is 3.43. The second kappa shape index (κ2) is 4.96. The smallest absolute Gasteiger partial charge is 0.260 e. The Hall–Kier alpha value is -2.66. The number of nitrogens with zero attached hydrogens (tertiary/aromatic N) is 1. The normalized spacial score (nSPS) is 11.1. The molecule has 22 heavy (non-hydrogen) atoms. The first kappa shape index (κ1) is 13.0. The molecule has 3 heterocycles. The summed E-state index contributed by atoms with van der Waals surface area (Å²) in [6, 6.07) is 15.5. The lowest BCUT2D eigenvalue weighted by Gasteiger charge is -1.96. The minimum Gasteiger partial charge on any atom is -0.458 e. The van der Waals surface area contributed by atoms with E-state index in [0.29, 0.717) is 21.8 Å². The summed E-state index contributed by atoms with van der Waals surface area (Å²) in [5.74, 6) is 1.83. The van der Waals surface area contributed by atoms with Gasteiger partial charge in [-0.1, -0.05) is 30.3 Å². The van der Waals surface area contributed by atoms with Crippen molar-refractivity contribution in [2.75, 3.05) is 0 Å². The van der Waals surface area contributed by atoms with Gasteiger partial charge in [0.2, 0.25) is 0 Å². The van der Waals surface area contributed by atoms with Crippen LogP contribution in [0.15, 0.2) is 57.7 Å². The molecule has 1 aromatic carbocycles. The Morgan fingerprint density at radius 1 is 1.14 bits per heavy atom. The SMILES string of the molecule is Cc1ccc(-c2nc3sc(-c4ccccc4)cc3c(=O)[nH]2)o1. The Bertz CT molecular complexity index is 1010. The number of thiophene rings is 1. The van der Waals surface area contributed by atoms with Crippen LogP contribution >= 0.6 is 11.3 Å². The number of benzene rings is 1. The minimum atomic E-state index is -0.146. The Labute approximate surface area is 130 Å². The predicted molar refractivity (Wildman–Crippen MR) is 88.1 cm³/mol. The molecule has 4 rings (SSSR count). The van der Waals surface area contributed by atoms with Gasteiger partial charge in [-0.2, -0.15) is 0 Å². The van der Waals surface area contributed by atoms with Gasteiger partial charge in [0.05, 0.1) is 5.39 Å². The van der Waals surface area contributed by atoms with Crippen molar-refractivity contribution in [1.29, 1.82) is 0 Å². The molecular formula is C17H12N2O2S. The Balaban J connectivity index is 1.90. The van der Waals surface area contributed by atoms with Crippen LogP contribution in [0.4, 0.5) is 0 Å². The summed E-state index contributed by atoms with van der Waals surface area (Å²) >= 11 is 1.51. The van der Waals surface area contributed by atoms with Crippen molar-refractivity contribution in [1.82, 2.24) is 9.97 Å². The van der Waals surface area contributed by atoms with Crippen LogP contribution in [0.25, 0.3) is 32.2 Å². The number of fused-ring (bicyclic) bond motifs is 1. The van der Waals surface area contributed by atoms with Crippen molar-refractivity contribution < 1.29 is 4.42 Å². The van der Waals surface area contributed by atoms with Gasteiger partial charge in [-0.05, 0) is 30.7 Å². The summed E-state index contributed by atoms with van der Waals surface area (Å²) < 4.78 is 5.54. The van der Waals surface area contributed by atoms with Gasteiger partial charge in [0.1, 0.15) is 10.6 Å². The zero-order valence-electron chi connectivity index (χ0n) is 11.8. The maximum atomic E-state index is 12.3. The first-order chi connectivity index (χ1) is 10.7. The van der Waals surface area contributed by atoms with Crippen molar-refractivity contribution >= 4 is 21.6 Å². The Morgan fingerprint density at radius 2 is 1.95 bits per heavy atom. The van der Waals surface area contributed by atoms with Gasteiger partial charge in [-0.3, -0.25) is 4.79 Å². The highest BCUT2D eigenvalue weighted by atomic mass is 32.1. The van der Waals surface area contributed by atoms with Crippen molar-refractivity contribution in [3.8, 4) is 22.0 Å². The molecule has 0 amide bonds. The van der Waals surface area contributed by atoms with Gasteiger partial charge in [0.25, 0.3) is 5.56 Å². The van der Waals surface area contributed by atoms with Crippen molar-refractivity contribution in [3.05, 3.63) is 64.6 Å². The molecule has 0 unspecified atom stereocenters. The zero-order valence-corrected chi connectivity index (χ0v) is 12.6. The molecule has 0 spiro atoms. The second-order valence-corrected chi connectivity index (χ2v) is 6.05. The molecule has 0 saturated heterocycles. The summed E-state index contributed by atoms with van der Waals surface area (Å²) in [7, 11) is 0. The number of hydrogen-bond acceptors (Lipinski definition) is 4. The van der Waals surface area contributed by atoms with Gasteiger partial charge in [-0.25, -0.2) is 4.98 Å². The van der Waals surface area contributed by atoms with Gasteiger partial charge >= 0.3 is 0 Å². The van der Waals surface area contributed by atoms with E-state index in [0.717, 1.165) is 16.2 Å².